The molecule has 0 aliphatic carbocycles. The van der Waals surface area contributed by atoms with Gasteiger partial charge in [-0.15, -0.1) is 0 Å². The third-order valence-corrected chi connectivity index (χ3v) is 2.78. The number of H-pyrrole nitrogens is 1. The van der Waals surface area contributed by atoms with Crippen LogP contribution in [0.1, 0.15) is 11.7 Å². The van der Waals surface area contributed by atoms with Crippen LogP contribution >= 0.6 is 0 Å². The molecule has 4 N–H and O–H groups in total. The number of hydrogen-bond acceptors (Lipinski definition) is 5. The van der Waals surface area contributed by atoms with Crippen LogP contribution in [0.15, 0.2) is 24.4 Å². The number of rotatable bonds is 4. The number of nitrogens with one attached hydrogen (secondary N) is 1. The number of aromatic nitrogens is 1. The first-order valence-corrected chi connectivity index (χ1v) is 5.27. The van der Waals surface area contributed by atoms with E-state index in [1.54, 1.807) is 0 Å². The zero-order chi connectivity index (χ0) is 13.3. The Balaban J connectivity index is 2.51. The molecular weight excluding hydrogens is 240 g/mol. The molecule has 2 rings (SSSR count). The lowest BCUT2D eigenvalue weighted by molar-refractivity contribution is -0.384. The summed E-state index contributed by atoms with van der Waals surface area (Å²) in [7, 11) is 0. The molecule has 0 saturated carbocycles. The molecule has 2 aromatic rings. The van der Waals surface area contributed by atoms with E-state index < -0.39 is 23.7 Å². The van der Waals surface area contributed by atoms with Crippen LogP contribution in [-0.4, -0.2) is 37.9 Å². The van der Waals surface area contributed by atoms with E-state index >= 15 is 0 Å². The van der Waals surface area contributed by atoms with E-state index in [4.69, 9.17) is 5.11 Å². The van der Waals surface area contributed by atoms with Crippen LogP contribution in [-0.2, 0) is 0 Å². The van der Waals surface area contributed by atoms with Crippen LogP contribution in [0.2, 0.25) is 0 Å². The minimum absolute atomic E-state index is 0.103. The number of fused-ring (bicyclic) bond motifs is 1. The van der Waals surface area contributed by atoms with Gasteiger partial charge in [-0.1, -0.05) is 0 Å². The Hall–Kier alpha value is -1.96. The monoisotopic (exact) mass is 252 g/mol. The SMILES string of the molecule is O=[N+]([O-])c1ccc2[nH]cc(C(O)C(O)CO)c2c1. The van der Waals surface area contributed by atoms with Crippen LogP contribution in [0.5, 0.6) is 0 Å². The third kappa shape index (κ3) is 2.06. The van der Waals surface area contributed by atoms with Gasteiger partial charge < -0.3 is 20.3 Å². The van der Waals surface area contributed by atoms with Gasteiger partial charge in [0.25, 0.3) is 5.69 Å². The van der Waals surface area contributed by atoms with Crippen LogP contribution < -0.4 is 0 Å². The Morgan fingerprint density at radius 2 is 2.11 bits per heavy atom. The van der Waals surface area contributed by atoms with Crippen molar-refractivity contribution in [1.82, 2.24) is 4.98 Å². The lowest BCUT2D eigenvalue weighted by atomic mass is 10.0. The summed E-state index contributed by atoms with van der Waals surface area (Å²) in [4.78, 5) is 13.0. The van der Waals surface area contributed by atoms with E-state index in [9.17, 15) is 20.3 Å². The summed E-state index contributed by atoms with van der Waals surface area (Å²) < 4.78 is 0. The molecule has 2 atom stereocenters. The number of aromatic amines is 1. The van der Waals surface area contributed by atoms with Crippen molar-refractivity contribution in [2.75, 3.05) is 6.61 Å². The topological polar surface area (TPSA) is 120 Å². The molecule has 7 nitrogen and oxygen atoms in total. The summed E-state index contributed by atoms with van der Waals surface area (Å²) in [5.41, 5.74) is 0.823. The average molecular weight is 252 g/mol. The standard InChI is InChI=1S/C11H12N2O5/c14-5-10(15)11(16)8-4-12-9-2-1-6(13(17)18)3-7(8)9/h1-4,10-12,14-16H,5H2. The molecule has 0 saturated heterocycles. The largest absolute Gasteiger partial charge is 0.394 e. The maximum Gasteiger partial charge on any atom is 0.270 e. The maximum absolute atomic E-state index is 10.7. The number of nitro groups is 1. The molecule has 0 fully saturated rings. The van der Waals surface area contributed by atoms with Gasteiger partial charge in [-0.3, -0.25) is 10.1 Å². The Labute approximate surface area is 101 Å². The quantitative estimate of drug-likeness (QED) is 0.465. The van der Waals surface area contributed by atoms with Gasteiger partial charge in [-0.2, -0.15) is 0 Å². The molecule has 1 aromatic heterocycles. The average Bonchev–Trinajstić information content (AvgIpc) is 2.79. The summed E-state index contributed by atoms with van der Waals surface area (Å²) in [5, 5.41) is 39.1. The first kappa shape index (κ1) is 12.5. The number of non-ortho nitro benzene ring substituents is 1. The fraction of sp³-hybridized carbons (Fsp3) is 0.273. The summed E-state index contributed by atoms with van der Waals surface area (Å²) in [6.07, 6.45) is -1.17. The molecule has 7 heteroatoms. The second-order valence-corrected chi connectivity index (χ2v) is 3.93. The number of nitro benzene ring substituents is 1. The zero-order valence-electron chi connectivity index (χ0n) is 9.28. The van der Waals surface area contributed by atoms with Crippen LogP contribution in [0.4, 0.5) is 5.69 Å². The lowest BCUT2D eigenvalue weighted by Crippen LogP contribution is -2.21. The maximum atomic E-state index is 10.7. The number of hydrogen-bond donors (Lipinski definition) is 4. The first-order valence-electron chi connectivity index (χ1n) is 5.27. The predicted octanol–water partition coefficient (Wildman–Crippen LogP) is 0.463. The number of nitrogens with zero attached hydrogens (tertiary/aromatic N) is 1. The van der Waals surface area contributed by atoms with Crippen molar-refractivity contribution < 1.29 is 20.2 Å². The summed E-state index contributed by atoms with van der Waals surface area (Å²) >= 11 is 0. The minimum atomic E-state index is -1.33. The smallest absolute Gasteiger partial charge is 0.270 e. The second-order valence-electron chi connectivity index (χ2n) is 3.93. The summed E-state index contributed by atoms with van der Waals surface area (Å²) in [6.45, 7) is -0.594. The van der Waals surface area contributed by atoms with E-state index in [-0.39, 0.29) is 5.69 Å². The Morgan fingerprint density at radius 3 is 2.72 bits per heavy atom. The highest BCUT2D eigenvalue weighted by molar-refractivity contribution is 5.85. The third-order valence-electron chi connectivity index (χ3n) is 2.78. The van der Waals surface area contributed by atoms with E-state index in [0.29, 0.717) is 16.5 Å². The molecule has 0 radical (unpaired) electrons. The van der Waals surface area contributed by atoms with E-state index in [1.165, 1.54) is 24.4 Å². The van der Waals surface area contributed by atoms with Crippen molar-refractivity contribution in [3.05, 3.63) is 40.1 Å². The number of aliphatic hydroxyl groups is 3. The molecule has 0 aliphatic rings. The van der Waals surface area contributed by atoms with Crippen LogP contribution in [0, 0.1) is 10.1 Å². The normalized spacial score (nSPS) is 14.6. The molecule has 0 bridgehead atoms. The molecule has 18 heavy (non-hydrogen) atoms. The van der Waals surface area contributed by atoms with Gasteiger partial charge in [0, 0.05) is 34.8 Å². The molecule has 96 valence electrons. The fourth-order valence-electron chi connectivity index (χ4n) is 1.80. The highest BCUT2D eigenvalue weighted by Gasteiger charge is 2.21. The van der Waals surface area contributed by atoms with Crippen molar-refractivity contribution in [3.8, 4) is 0 Å². The molecule has 1 aromatic carbocycles. The highest BCUT2D eigenvalue weighted by atomic mass is 16.6. The van der Waals surface area contributed by atoms with Crippen molar-refractivity contribution >= 4 is 16.6 Å². The second kappa shape index (κ2) is 4.73. The van der Waals surface area contributed by atoms with Gasteiger partial charge in [0.1, 0.15) is 12.2 Å². The van der Waals surface area contributed by atoms with E-state index in [0.717, 1.165) is 0 Å². The number of benzene rings is 1. The van der Waals surface area contributed by atoms with Crippen molar-refractivity contribution in [2.45, 2.75) is 12.2 Å². The predicted molar refractivity (Wildman–Crippen MR) is 63.0 cm³/mol. The van der Waals surface area contributed by atoms with Gasteiger partial charge in [-0.25, -0.2) is 0 Å². The van der Waals surface area contributed by atoms with E-state index in [2.05, 4.69) is 4.98 Å². The molecule has 0 aliphatic heterocycles. The van der Waals surface area contributed by atoms with Crippen molar-refractivity contribution in [1.29, 1.82) is 0 Å². The highest BCUT2D eigenvalue weighted by Crippen LogP contribution is 2.29. The Bertz CT molecular complexity index is 580. The summed E-state index contributed by atoms with van der Waals surface area (Å²) in [6, 6.07) is 4.18. The van der Waals surface area contributed by atoms with Crippen LogP contribution in [0.3, 0.4) is 0 Å². The zero-order valence-corrected chi connectivity index (χ0v) is 9.28. The van der Waals surface area contributed by atoms with Gasteiger partial charge in [0.15, 0.2) is 0 Å². The van der Waals surface area contributed by atoms with Gasteiger partial charge in [-0.05, 0) is 6.07 Å². The number of aliphatic hydroxyl groups excluding tert-OH is 3. The van der Waals surface area contributed by atoms with Gasteiger partial charge >= 0.3 is 0 Å². The molecular formula is C11H12N2O5. The first-order chi connectivity index (χ1) is 8.54. The Kier molecular flexibility index (Phi) is 3.28. The van der Waals surface area contributed by atoms with Gasteiger partial charge in [0.05, 0.1) is 11.5 Å². The molecule has 0 spiro atoms. The fourth-order valence-corrected chi connectivity index (χ4v) is 1.80. The van der Waals surface area contributed by atoms with E-state index in [1.807, 2.05) is 0 Å². The minimum Gasteiger partial charge on any atom is -0.394 e. The molecule has 1 heterocycles. The molecule has 2 unspecified atom stereocenters. The summed E-state index contributed by atoms with van der Waals surface area (Å²) in [5.74, 6) is 0. The van der Waals surface area contributed by atoms with Gasteiger partial charge in [0.2, 0.25) is 0 Å². The van der Waals surface area contributed by atoms with Crippen molar-refractivity contribution in [2.24, 2.45) is 0 Å². The Morgan fingerprint density at radius 1 is 1.39 bits per heavy atom. The van der Waals surface area contributed by atoms with Crippen molar-refractivity contribution in [3.63, 3.8) is 0 Å². The lowest BCUT2D eigenvalue weighted by Gasteiger charge is -2.14. The molecule has 0 amide bonds. The van der Waals surface area contributed by atoms with Crippen LogP contribution in [0.25, 0.3) is 10.9 Å².